The molecule has 1 fully saturated rings. The first-order chi connectivity index (χ1) is 14.6. The van der Waals surface area contributed by atoms with E-state index in [1.807, 2.05) is 30.3 Å². The lowest BCUT2D eigenvalue weighted by atomic mass is 10.2. The summed E-state index contributed by atoms with van der Waals surface area (Å²) in [6, 6.07) is 11.2. The number of nitrogens with one attached hydrogen (secondary N) is 1. The minimum atomic E-state index is -0.00246. The van der Waals surface area contributed by atoms with Crippen LogP contribution in [0.5, 0.6) is 5.75 Å². The average Bonchev–Trinajstić information content (AvgIpc) is 3.40. The number of halogens is 1. The third kappa shape index (κ3) is 5.71. The number of carbonyl (C=O) groups is 1. The number of hydrogen-bond acceptors (Lipinski definition) is 7. The molecule has 9 heteroatoms. The van der Waals surface area contributed by atoms with Crippen LogP contribution < -0.4 is 5.32 Å². The van der Waals surface area contributed by atoms with Gasteiger partial charge in [0.15, 0.2) is 4.34 Å². The third-order valence-electron chi connectivity index (χ3n) is 4.57. The van der Waals surface area contributed by atoms with E-state index < -0.39 is 0 Å². The van der Waals surface area contributed by atoms with Gasteiger partial charge in [0.2, 0.25) is 5.91 Å². The lowest BCUT2D eigenvalue weighted by Gasteiger charge is -2.09. The number of amides is 1. The van der Waals surface area contributed by atoms with E-state index in [1.165, 1.54) is 11.8 Å². The Morgan fingerprint density at radius 3 is 3.13 bits per heavy atom. The highest BCUT2D eigenvalue weighted by molar-refractivity contribution is 14.1. The van der Waals surface area contributed by atoms with Gasteiger partial charge in [-0.2, -0.15) is 0 Å². The SMILES string of the molecule is O=C(CSc1nc2ccc(N=Cc3cc(I)ccc3O)cc2s1)NCC1CCCO1. The summed E-state index contributed by atoms with van der Waals surface area (Å²) in [5, 5.41) is 12.9. The summed E-state index contributed by atoms with van der Waals surface area (Å²) < 4.78 is 8.42. The van der Waals surface area contributed by atoms with Gasteiger partial charge in [-0.3, -0.25) is 9.79 Å². The number of thiazole rings is 1. The number of nitrogens with zero attached hydrogens (tertiary/aromatic N) is 2. The molecule has 2 heterocycles. The summed E-state index contributed by atoms with van der Waals surface area (Å²) in [5.74, 6) is 0.538. The summed E-state index contributed by atoms with van der Waals surface area (Å²) >= 11 is 5.19. The summed E-state index contributed by atoms with van der Waals surface area (Å²) in [7, 11) is 0. The second-order valence-electron chi connectivity index (χ2n) is 6.82. The van der Waals surface area contributed by atoms with Crippen molar-refractivity contribution >= 4 is 73.7 Å². The lowest BCUT2D eigenvalue weighted by Crippen LogP contribution is -2.32. The zero-order valence-corrected chi connectivity index (χ0v) is 19.8. The minimum Gasteiger partial charge on any atom is -0.507 e. The van der Waals surface area contributed by atoms with Crippen molar-refractivity contribution in [1.82, 2.24) is 10.3 Å². The smallest absolute Gasteiger partial charge is 0.230 e. The topological polar surface area (TPSA) is 83.8 Å². The Morgan fingerprint density at radius 1 is 1.40 bits per heavy atom. The van der Waals surface area contributed by atoms with Crippen LogP contribution in [0, 0.1) is 3.57 Å². The summed E-state index contributed by atoms with van der Waals surface area (Å²) in [5.41, 5.74) is 2.35. The van der Waals surface area contributed by atoms with Crippen molar-refractivity contribution in [2.45, 2.75) is 23.3 Å². The second-order valence-corrected chi connectivity index (χ2v) is 10.3. The number of aliphatic imine (C=N–C) groups is 1. The van der Waals surface area contributed by atoms with Gasteiger partial charge in [-0.15, -0.1) is 11.3 Å². The lowest BCUT2D eigenvalue weighted by molar-refractivity contribution is -0.119. The maximum atomic E-state index is 12.1. The molecule has 30 heavy (non-hydrogen) atoms. The highest BCUT2D eigenvalue weighted by Crippen LogP contribution is 2.32. The number of ether oxygens (including phenoxy) is 1. The highest BCUT2D eigenvalue weighted by Gasteiger charge is 2.16. The first-order valence-corrected chi connectivity index (χ1v) is 12.4. The molecule has 0 radical (unpaired) electrons. The van der Waals surface area contributed by atoms with E-state index in [0.717, 1.165) is 43.3 Å². The Hall–Kier alpha value is -1.69. The average molecular weight is 553 g/mol. The fourth-order valence-electron chi connectivity index (χ4n) is 3.02. The van der Waals surface area contributed by atoms with Gasteiger partial charge in [-0.25, -0.2) is 4.98 Å². The van der Waals surface area contributed by atoms with Crippen LogP contribution in [0.15, 0.2) is 45.7 Å². The van der Waals surface area contributed by atoms with Crippen molar-refractivity contribution in [3.8, 4) is 5.75 Å². The molecule has 6 nitrogen and oxygen atoms in total. The van der Waals surface area contributed by atoms with E-state index in [-0.39, 0.29) is 17.8 Å². The van der Waals surface area contributed by atoms with Crippen molar-refractivity contribution < 1.29 is 14.6 Å². The van der Waals surface area contributed by atoms with Crippen LogP contribution in [-0.2, 0) is 9.53 Å². The molecule has 0 spiro atoms. The predicted molar refractivity (Wildman–Crippen MR) is 130 cm³/mol. The largest absolute Gasteiger partial charge is 0.507 e. The van der Waals surface area contributed by atoms with Gasteiger partial charge >= 0.3 is 0 Å². The molecule has 156 valence electrons. The number of rotatable bonds is 7. The Bertz CT molecular complexity index is 1080. The molecule has 0 aliphatic carbocycles. The van der Waals surface area contributed by atoms with Gasteiger partial charge in [0.25, 0.3) is 0 Å². The normalized spacial score (nSPS) is 16.5. The first-order valence-electron chi connectivity index (χ1n) is 9.51. The van der Waals surface area contributed by atoms with Gasteiger partial charge in [0.05, 0.1) is 27.8 Å². The van der Waals surface area contributed by atoms with Gasteiger partial charge in [-0.1, -0.05) is 11.8 Å². The van der Waals surface area contributed by atoms with E-state index in [9.17, 15) is 9.90 Å². The zero-order valence-electron chi connectivity index (χ0n) is 16.0. The highest BCUT2D eigenvalue weighted by atomic mass is 127. The maximum Gasteiger partial charge on any atom is 0.230 e. The number of benzene rings is 2. The number of hydrogen-bond donors (Lipinski definition) is 2. The quantitative estimate of drug-likeness (QED) is 0.251. The van der Waals surface area contributed by atoms with Crippen LogP contribution in [0.4, 0.5) is 5.69 Å². The van der Waals surface area contributed by atoms with E-state index in [1.54, 1.807) is 23.6 Å². The van der Waals surface area contributed by atoms with Crippen LogP contribution in [0.2, 0.25) is 0 Å². The van der Waals surface area contributed by atoms with Crippen molar-refractivity contribution in [3.05, 3.63) is 45.5 Å². The van der Waals surface area contributed by atoms with Crippen molar-refractivity contribution in [2.24, 2.45) is 4.99 Å². The molecule has 1 unspecified atom stereocenters. The molecule has 1 aromatic heterocycles. The monoisotopic (exact) mass is 553 g/mol. The van der Waals surface area contributed by atoms with E-state index in [4.69, 9.17) is 4.74 Å². The number of thioether (sulfide) groups is 1. The summed E-state index contributed by atoms with van der Waals surface area (Å²) in [6.45, 7) is 1.37. The molecule has 1 amide bonds. The Balaban J connectivity index is 1.36. The molecule has 1 aliphatic rings. The van der Waals surface area contributed by atoms with Crippen molar-refractivity contribution in [1.29, 1.82) is 0 Å². The first kappa shape index (κ1) is 21.5. The number of phenolic OH excluding ortho intramolecular Hbond substituents is 1. The van der Waals surface area contributed by atoms with Crippen LogP contribution >= 0.6 is 45.7 Å². The predicted octanol–water partition coefficient (Wildman–Crippen LogP) is 4.74. The van der Waals surface area contributed by atoms with Crippen LogP contribution in [0.1, 0.15) is 18.4 Å². The van der Waals surface area contributed by atoms with Crippen LogP contribution in [0.3, 0.4) is 0 Å². The van der Waals surface area contributed by atoms with Crippen LogP contribution in [-0.4, -0.2) is 47.2 Å². The molecule has 2 N–H and O–H groups in total. The van der Waals surface area contributed by atoms with Gasteiger partial charge < -0.3 is 15.2 Å². The maximum absolute atomic E-state index is 12.1. The Labute approximate surface area is 196 Å². The molecule has 0 saturated carbocycles. The van der Waals surface area contributed by atoms with Crippen molar-refractivity contribution in [2.75, 3.05) is 18.9 Å². The van der Waals surface area contributed by atoms with Crippen molar-refractivity contribution in [3.63, 3.8) is 0 Å². The van der Waals surface area contributed by atoms with Gasteiger partial charge in [0, 0.05) is 28.5 Å². The fourth-order valence-corrected chi connectivity index (χ4v) is 5.47. The molecule has 3 aromatic rings. The molecule has 2 aromatic carbocycles. The summed E-state index contributed by atoms with van der Waals surface area (Å²) in [6.07, 6.45) is 3.90. The molecular weight excluding hydrogens is 533 g/mol. The van der Waals surface area contributed by atoms with E-state index >= 15 is 0 Å². The van der Waals surface area contributed by atoms with Crippen LogP contribution in [0.25, 0.3) is 10.2 Å². The van der Waals surface area contributed by atoms with E-state index in [0.29, 0.717) is 17.9 Å². The Morgan fingerprint density at radius 2 is 2.30 bits per heavy atom. The molecular formula is C21H20IN3O3S2. The fraction of sp³-hybridized carbons (Fsp3) is 0.286. The van der Waals surface area contributed by atoms with Gasteiger partial charge in [-0.05, 0) is 71.8 Å². The number of aromatic hydroxyl groups is 1. The number of fused-ring (bicyclic) bond motifs is 1. The molecule has 1 aliphatic heterocycles. The van der Waals surface area contributed by atoms with E-state index in [2.05, 4.69) is 37.9 Å². The third-order valence-corrected chi connectivity index (χ3v) is 7.40. The molecule has 1 atom stereocenters. The number of aromatic nitrogens is 1. The standard InChI is InChI=1S/C21H20IN3O3S2/c22-14-3-6-18(26)13(8-14)10-23-15-4-5-17-19(9-15)30-21(25-17)29-12-20(27)24-11-16-2-1-7-28-16/h3-6,8-10,16,26H,1-2,7,11-12H2,(H,24,27). The molecule has 0 bridgehead atoms. The van der Waals surface area contributed by atoms with Gasteiger partial charge in [0.1, 0.15) is 5.75 Å². The minimum absolute atomic E-state index is 0.00246. The molecule has 4 rings (SSSR count). The Kier molecular flexibility index (Phi) is 7.24. The second kappa shape index (κ2) is 10.1. The number of carbonyl (C=O) groups excluding carboxylic acids is 1. The molecule has 1 saturated heterocycles. The number of phenols is 1. The zero-order chi connectivity index (χ0) is 20.9. The summed E-state index contributed by atoms with van der Waals surface area (Å²) in [4.78, 5) is 21.1.